The normalized spacial score (nSPS) is 13.9. The van der Waals surface area contributed by atoms with Crippen LogP contribution in [0.25, 0.3) is 6.08 Å². The lowest BCUT2D eigenvalue weighted by atomic mass is 10.1. The molecule has 4 heteroatoms. The van der Waals surface area contributed by atoms with E-state index in [1.807, 2.05) is 54.6 Å². The Morgan fingerprint density at radius 2 is 1.70 bits per heavy atom. The van der Waals surface area contributed by atoms with Crippen molar-refractivity contribution >= 4 is 6.08 Å². The van der Waals surface area contributed by atoms with Crippen LogP contribution in [0.3, 0.4) is 0 Å². The van der Waals surface area contributed by atoms with Crippen molar-refractivity contribution in [3.05, 3.63) is 71.8 Å². The van der Waals surface area contributed by atoms with Gasteiger partial charge in [-0.15, -0.1) is 0 Å². The van der Waals surface area contributed by atoms with Crippen LogP contribution in [0.1, 0.15) is 11.1 Å². The largest absolute Gasteiger partial charge is 0.497 e. The van der Waals surface area contributed by atoms with Crippen molar-refractivity contribution in [2.45, 2.75) is 18.8 Å². The van der Waals surface area contributed by atoms with Gasteiger partial charge in [0.15, 0.2) is 0 Å². The molecule has 0 saturated heterocycles. The van der Waals surface area contributed by atoms with E-state index in [9.17, 15) is 10.2 Å². The quantitative estimate of drug-likeness (QED) is 0.786. The second kappa shape index (κ2) is 9.10. The number of ether oxygens (including phenoxy) is 2. The summed E-state index contributed by atoms with van der Waals surface area (Å²) in [4.78, 5) is 0. The zero-order valence-corrected chi connectivity index (χ0v) is 13.1. The van der Waals surface area contributed by atoms with Crippen molar-refractivity contribution in [2.24, 2.45) is 0 Å². The van der Waals surface area contributed by atoms with E-state index in [2.05, 4.69) is 0 Å². The third-order valence-corrected chi connectivity index (χ3v) is 3.40. The Labute approximate surface area is 136 Å². The lowest BCUT2D eigenvalue weighted by Crippen LogP contribution is -2.28. The molecule has 0 saturated carbocycles. The zero-order chi connectivity index (χ0) is 16.5. The minimum atomic E-state index is -0.967. The molecule has 2 aromatic rings. The molecular weight excluding hydrogens is 292 g/mol. The monoisotopic (exact) mass is 314 g/mol. The molecular formula is C19H22O4. The Kier molecular flexibility index (Phi) is 6.81. The first kappa shape index (κ1) is 17.2. The molecule has 2 N–H and O–H groups in total. The third kappa shape index (κ3) is 5.87. The standard InChI is InChI=1S/C19H22O4/c1-22-17-10-7-16(8-11-17)13-23-14-19(21)18(20)12-9-15-5-3-2-4-6-15/h2-12,18-21H,13-14H2,1H3/b12-9+/t18-,19-/m0/s1. The van der Waals surface area contributed by atoms with Gasteiger partial charge in [0.25, 0.3) is 0 Å². The van der Waals surface area contributed by atoms with Crippen LogP contribution in [0.15, 0.2) is 60.7 Å². The molecule has 0 radical (unpaired) electrons. The van der Waals surface area contributed by atoms with Crippen molar-refractivity contribution in [3.63, 3.8) is 0 Å². The number of benzene rings is 2. The number of rotatable bonds is 8. The molecule has 2 rings (SSSR count). The van der Waals surface area contributed by atoms with Gasteiger partial charge >= 0.3 is 0 Å². The second-order valence-electron chi connectivity index (χ2n) is 5.19. The Bertz CT molecular complexity index is 593. The third-order valence-electron chi connectivity index (χ3n) is 3.40. The number of aliphatic hydroxyl groups is 2. The van der Waals surface area contributed by atoms with Gasteiger partial charge in [-0.25, -0.2) is 0 Å². The first-order chi connectivity index (χ1) is 11.2. The van der Waals surface area contributed by atoms with E-state index in [1.54, 1.807) is 19.3 Å². The molecule has 0 aliphatic heterocycles. The van der Waals surface area contributed by atoms with Crippen molar-refractivity contribution in [1.82, 2.24) is 0 Å². The van der Waals surface area contributed by atoms with E-state index in [1.165, 1.54) is 0 Å². The second-order valence-corrected chi connectivity index (χ2v) is 5.19. The van der Waals surface area contributed by atoms with Crippen molar-refractivity contribution in [3.8, 4) is 5.75 Å². The highest BCUT2D eigenvalue weighted by Crippen LogP contribution is 2.12. The average Bonchev–Trinajstić information content (AvgIpc) is 2.61. The predicted octanol–water partition coefficient (Wildman–Crippen LogP) is 2.65. The summed E-state index contributed by atoms with van der Waals surface area (Å²) in [7, 11) is 1.62. The molecule has 0 heterocycles. The lowest BCUT2D eigenvalue weighted by molar-refractivity contribution is -0.0245. The molecule has 2 atom stereocenters. The summed E-state index contributed by atoms with van der Waals surface area (Å²) in [5.41, 5.74) is 1.95. The first-order valence-corrected chi connectivity index (χ1v) is 7.49. The molecule has 0 aliphatic carbocycles. The molecule has 0 fully saturated rings. The van der Waals surface area contributed by atoms with Crippen molar-refractivity contribution < 1.29 is 19.7 Å². The zero-order valence-electron chi connectivity index (χ0n) is 13.1. The molecule has 0 amide bonds. The highest BCUT2D eigenvalue weighted by atomic mass is 16.5. The van der Waals surface area contributed by atoms with Gasteiger partial charge in [0.2, 0.25) is 0 Å². The van der Waals surface area contributed by atoms with Gasteiger partial charge in [0, 0.05) is 0 Å². The van der Waals surface area contributed by atoms with Crippen LogP contribution in [0, 0.1) is 0 Å². The van der Waals surface area contributed by atoms with Gasteiger partial charge in [0.1, 0.15) is 18.0 Å². The summed E-state index contributed by atoms with van der Waals surface area (Å²) in [6.07, 6.45) is 1.41. The summed E-state index contributed by atoms with van der Waals surface area (Å²) in [5.74, 6) is 0.787. The van der Waals surface area contributed by atoms with Gasteiger partial charge in [0.05, 0.1) is 20.3 Å². The molecule has 0 bridgehead atoms. The van der Waals surface area contributed by atoms with Crippen LogP contribution < -0.4 is 4.74 Å². The van der Waals surface area contributed by atoms with Gasteiger partial charge < -0.3 is 19.7 Å². The Hall–Kier alpha value is -2.14. The summed E-state index contributed by atoms with van der Waals surface area (Å²) in [5, 5.41) is 19.8. The number of methoxy groups -OCH3 is 1. The Morgan fingerprint density at radius 3 is 2.35 bits per heavy atom. The molecule has 2 aromatic carbocycles. The topological polar surface area (TPSA) is 58.9 Å². The summed E-state index contributed by atoms with van der Waals surface area (Å²) >= 11 is 0. The van der Waals surface area contributed by atoms with Crippen LogP contribution in [-0.2, 0) is 11.3 Å². The van der Waals surface area contributed by atoms with E-state index in [0.29, 0.717) is 6.61 Å². The molecule has 0 aromatic heterocycles. The molecule has 4 nitrogen and oxygen atoms in total. The van der Waals surface area contributed by atoms with Crippen molar-refractivity contribution in [1.29, 1.82) is 0 Å². The SMILES string of the molecule is COc1ccc(COC[C@H](O)[C@@H](O)/C=C/c2ccccc2)cc1. The molecule has 23 heavy (non-hydrogen) atoms. The summed E-state index contributed by atoms with van der Waals surface area (Å²) in [6.45, 7) is 0.433. The fourth-order valence-electron chi connectivity index (χ4n) is 2.02. The maximum atomic E-state index is 9.91. The van der Waals surface area contributed by atoms with Crippen LogP contribution in [-0.4, -0.2) is 36.1 Å². The smallest absolute Gasteiger partial charge is 0.118 e. The van der Waals surface area contributed by atoms with Gasteiger partial charge in [-0.2, -0.15) is 0 Å². The molecule has 0 unspecified atom stereocenters. The van der Waals surface area contributed by atoms with Gasteiger partial charge in [-0.3, -0.25) is 0 Å². The van der Waals surface area contributed by atoms with E-state index < -0.39 is 12.2 Å². The van der Waals surface area contributed by atoms with Crippen LogP contribution in [0.2, 0.25) is 0 Å². The minimum Gasteiger partial charge on any atom is -0.497 e. The maximum Gasteiger partial charge on any atom is 0.118 e. The fraction of sp³-hybridized carbons (Fsp3) is 0.263. The fourth-order valence-corrected chi connectivity index (χ4v) is 2.02. The van der Waals surface area contributed by atoms with E-state index >= 15 is 0 Å². The Balaban J connectivity index is 1.75. The summed E-state index contributed by atoms with van der Waals surface area (Å²) < 4.78 is 10.5. The van der Waals surface area contributed by atoms with E-state index in [0.717, 1.165) is 16.9 Å². The molecule has 122 valence electrons. The van der Waals surface area contributed by atoms with E-state index in [-0.39, 0.29) is 6.61 Å². The number of hydrogen-bond acceptors (Lipinski definition) is 4. The highest BCUT2D eigenvalue weighted by Gasteiger charge is 2.13. The van der Waals surface area contributed by atoms with Gasteiger partial charge in [-0.1, -0.05) is 54.6 Å². The van der Waals surface area contributed by atoms with Crippen LogP contribution >= 0.6 is 0 Å². The first-order valence-electron chi connectivity index (χ1n) is 7.49. The molecule has 0 aliphatic rings. The predicted molar refractivity (Wildman–Crippen MR) is 90.1 cm³/mol. The van der Waals surface area contributed by atoms with Crippen molar-refractivity contribution in [2.75, 3.05) is 13.7 Å². The Morgan fingerprint density at radius 1 is 1.00 bits per heavy atom. The lowest BCUT2D eigenvalue weighted by Gasteiger charge is -2.15. The van der Waals surface area contributed by atoms with Gasteiger partial charge in [-0.05, 0) is 23.3 Å². The average molecular weight is 314 g/mol. The van der Waals surface area contributed by atoms with E-state index in [4.69, 9.17) is 9.47 Å². The minimum absolute atomic E-state index is 0.0618. The van der Waals surface area contributed by atoms with Crippen LogP contribution in [0.4, 0.5) is 0 Å². The summed E-state index contributed by atoms with van der Waals surface area (Å²) in [6, 6.07) is 17.1. The number of hydrogen-bond donors (Lipinski definition) is 2. The number of aliphatic hydroxyl groups excluding tert-OH is 2. The molecule has 0 spiro atoms. The highest BCUT2D eigenvalue weighted by molar-refractivity contribution is 5.49. The van der Waals surface area contributed by atoms with Crippen LogP contribution in [0.5, 0.6) is 5.75 Å². The maximum absolute atomic E-state index is 9.91.